The molecule has 8 aromatic carbocycles. The number of fused-ring (bicyclic) bond motifs is 4. The van der Waals surface area contributed by atoms with Gasteiger partial charge in [0.15, 0.2) is 11.5 Å². The van der Waals surface area contributed by atoms with Gasteiger partial charge in [-0.25, -0.2) is 14.4 Å². The lowest BCUT2D eigenvalue weighted by Gasteiger charge is -2.45. The highest BCUT2D eigenvalue weighted by Gasteiger charge is 2.45. The molecule has 4 atom stereocenters. The number of rotatable bonds is 10. The van der Waals surface area contributed by atoms with E-state index in [1.165, 1.54) is 14.7 Å². The Labute approximate surface area is 466 Å². The van der Waals surface area contributed by atoms with Gasteiger partial charge in [-0.1, -0.05) is 176 Å². The lowest BCUT2D eigenvalue weighted by Crippen LogP contribution is -2.62. The van der Waals surface area contributed by atoms with Crippen LogP contribution in [0, 0.1) is 0 Å². The Bertz CT molecular complexity index is 3580. The average Bonchev–Trinajstić information content (AvgIpc) is 3.69. The molecule has 0 radical (unpaired) electrons. The standard InChI is InChI=1S/C64H54N6O9S/c71-59(56(41-18-4-1-5-19-41)42-20-6-2-7-21-42)67-36-34-65(39-51(67)61(73)74)63(77)69-47-27-10-13-31-53(47)79-58-46(26-17-30-50(58)69)44-24-16-25-45(38-44)57(43-22-8-3-9-23-43)60(72)68-37-35-66(40-52(68)62(75)76)64(78)70-48-28-11-14-32-54(48)80-55-33-15-12-29-49(55)70/h1-33,38,51-52,56-57,60,72H,34-37,39-40H2,(H,73,74)(H,75,76)/t51-,52-,57?,60?/m0/s1. The van der Waals surface area contributed by atoms with Crippen molar-refractivity contribution in [2.24, 2.45) is 0 Å². The minimum atomic E-state index is -1.37. The number of hydrogen-bond acceptors (Lipinski definition) is 9. The summed E-state index contributed by atoms with van der Waals surface area (Å²) in [5, 5.41) is 34.4. The van der Waals surface area contributed by atoms with Gasteiger partial charge in [0.05, 0.1) is 35.2 Å². The average molecular weight is 1080 g/mol. The van der Waals surface area contributed by atoms with Crippen molar-refractivity contribution in [2.45, 2.75) is 39.9 Å². The summed E-state index contributed by atoms with van der Waals surface area (Å²) < 4.78 is 6.71. The number of aliphatic carboxylic acids is 2. The van der Waals surface area contributed by atoms with E-state index in [4.69, 9.17) is 4.74 Å². The van der Waals surface area contributed by atoms with E-state index < -0.39 is 48.1 Å². The maximum atomic E-state index is 15.2. The normalized spacial score (nSPS) is 17.5. The van der Waals surface area contributed by atoms with Crippen LogP contribution in [0.2, 0.25) is 0 Å². The third-order valence-electron chi connectivity index (χ3n) is 15.4. The van der Waals surface area contributed by atoms with Crippen LogP contribution in [-0.4, -0.2) is 122 Å². The fraction of sp³-hybridized carbons (Fsp3) is 0.172. The number of carbonyl (C=O) groups is 5. The molecule has 0 saturated carbocycles. The highest BCUT2D eigenvalue weighted by Crippen LogP contribution is 2.52. The summed E-state index contributed by atoms with van der Waals surface area (Å²) in [6.45, 7) is -0.223. The summed E-state index contributed by atoms with van der Waals surface area (Å²) in [4.78, 5) is 82.0. The summed E-state index contributed by atoms with van der Waals surface area (Å²) in [7, 11) is 0. The van der Waals surface area contributed by atoms with Crippen LogP contribution in [0.25, 0.3) is 11.1 Å². The first-order valence-corrected chi connectivity index (χ1v) is 27.2. The van der Waals surface area contributed by atoms with Gasteiger partial charge in [0.1, 0.15) is 18.3 Å². The van der Waals surface area contributed by atoms with Gasteiger partial charge in [0.25, 0.3) is 0 Å². The van der Waals surface area contributed by atoms with Crippen LogP contribution in [0.15, 0.2) is 216 Å². The van der Waals surface area contributed by atoms with Crippen LogP contribution in [0.3, 0.4) is 0 Å². The summed E-state index contributed by atoms with van der Waals surface area (Å²) in [6, 6.07) is 59.8. The van der Waals surface area contributed by atoms with Gasteiger partial charge in [-0.05, 0) is 70.3 Å². The minimum absolute atomic E-state index is 0.0270. The fourth-order valence-corrected chi connectivity index (χ4v) is 12.6. The summed E-state index contributed by atoms with van der Waals surface area (Å²) in [6.07, 6.45) is -1.37. The molecule has 16 heteroatoms. The predicted octanol–water partition coefficient (Wildman–Crippen LogP) is 11.1. The van der Waals surface area contributed by atoms with Crippen molar-refractivity contribution in [2.75, 3.05) is 49.1 Å². The van der Waals surface area contributed by atoms with Crippen molar-refractivity contribution < 1.29 is 44.0 Å². The number of para-hydroxylation sites is 5. The first-order valence-electron chi connectivity index (χ1n) is 26.4. The van der Waals surface area contributed by atoms with Crippen LogP contribution < -0.4 is 14.5 Å². The Morgan fingerprint density at radius 2 is 0.975 bits per heavy atom. The quantitative estimate of drug-likeness (QED) is 0.119. The third-order valence-corrected chi connectivity index (χ3v) is 16.6. The van der Waals surface area contributed by atoms with E-state index >= 15 is 4.79 Å². The number of urea groups is 2. The van der Waals surface area contributed by atoms with Gasteiger partial charge in [-0.15, -0.1) is 0 Å². The molecule has 2 unspecified atom stereocenters. The molecule has 8 aromatic rings. The van der Waals surface area contributed by atoms with Crippen LogP contribution in [0.1, 0.15) is 34.1 Å². The fourth-order valence-electron chi connectivity index (χ4n) is 11.6. The second-order valence-corrected chi connectivity index (χ2v) is 21.1. The van der Waals surface area contributed by atoms with Crippen molar-refractivity contribution in [3.63, 3.8) is 0 Å². The Balaban J connectivity index is 0.836. The lowest BCUT2D eigenvalue weighted by atomic mass is 9.86. The molecule has 4 heterocycles. The largest absolute Gasteiger partial charge is 0.480 e. The molecule has 0 bridgehead atoms. The first-order chi connectivity index (χ1) is 39.0. The first kappa shape index (κ1) is 51.5. The molecular formula is C64H54N6O9S. The second-order valence-electron chi connectivity index (χ2n) is 20.0. The maximum absolute atomic E-state index is 15.2. The molecule has 80 heavy (non-hydrogen) atoms. The number of ether oxygens (including phenoxy) is 1. The molecular weight excluding hydrogens is 1030 g/mol. The van der Waals surface area contributed by atoms with Crippen LogP contribution >= 0.6 is 11.8 Å². The van der Waals surface area contributed by atoms with E-state index in [0.29, 0.717) is 50.9 Å². The Hall–Kier alpha value is -9.22. The van der Waals surface area contributed by atoms with E-state index in [1.54, 1.807) is 56.8 Å². The number of anilines is 4. The predicted molar refractivity (Wildman–Crippen MR) is 304 cm³/mol. The van der Waals surface area contributed by atoms with E-state index in [-0.39, 0.29) is 51.2 Å². The molecule has 0 aliphatic carbocycles. The van der Waals surface area contributed by atoms with Gasteiger partial charge < -0.3 is 34.8 Å². The number of benzene rings is 8. The van der Waals surface area contributed by atoms with E-state index in [1.807, 2.05) is 176 Å². The molecule has 4 aliphatic heterocycles. The molecule has 400 valence electrons. The van der Waals surface area contributed by atoms with Gasteiger partial charge in [-0.2, -0.15) is 0 Å². The summed E-state index contributed by atoms with van der Waals surface area (Å²) in [5.41, 5.74) is 6.40. The van der Waals surface area contributed by atoms with Crippen LogP contribution in [0.4, 0.5) is 32.3 Å². The molecule has 3 N–H and O–H groups in total. The van der Waals surface area contributed by atoms with Crippen LogP contribution in [0.5, 0.6) is 11.5 Å². The van der Waals surface area contributed by atoms with Gasteiger partial charge in [0, 0.05) is 54.0 Å². The molecule has 5 amide bonds. The number of carboxylic acid groups (broad SMARTS) is 2. The van der Waals surface area contributed by atoms with Crippen LogP contribution in [-0.2, 0) is 14.4 Å². The Kier molecular flexibility index (Phi) is 14.1. The smallest absolute Gasteiger partial charge is 0.329 e. The third kappa shape index (κ3) is 9.56. The number of carboxylic acids is 2. The minimum Gasteiger partial charge on any atom is -0.480 e. The molecule has 4 aliphatic rings. The molecule has 12 rings (SSSR count). The number of carbonyl (C=O) groups excluding carboxylic acids is 3. The van der Waals surface area contributed by atoms with Crippen molar-refractivity contribution in [1.82, 2.24) is 19.6 Å². The van der Waals surface area contributed by atoms with Crippen molar-refractivity contribution >= 4 is 64.4 Å². The molecule has 0 aromatic heterocycles. The number of aliphatic hydroxyl groups is 1. The van der Waals surface area contributed by atoms with E-state index in [9.17, 15) is 34.5 Å². The van der Waals surface area contributed by atoms with Gasteiger partial charge >= 0.3 is 24.0 Å². The topological polar surface area (TPSA) is 175 Å². The summed E-state index contributed by atoms with van der Waals surface area (Å²) >= 11 is 1.57. The molecule has 15 nitrogen and oxygen atoms in total. The zero-order valence-electron chi connectivity index (χ0n) is 43.1. The maximum Gasteiger partial charge on any atom is 0.329 e. The molecule has 2 saturated heterocycles. The van der Waals surface area contributed by atoms with E-state index in [2.05, 4.69) is 0 Å². The zero-order chi connectivity index (χ0) is 55.0. The number of piperazine rings is 2. The summed E-state index contributed by atoms with van der Waals surface area (Å²) in [5.74, 6) is -3.59. The Morgan fingerprint density at radius 3 is 1.59 bits per heavy atom. The monoisotopic (exact) mass is 1080 g/mol. The van der Waals surface area contributed by atoms with Gasteiger partial charge in [0.2, 0.25) is 5.91 Å². The zero-order valence-corrected chi connectivity index (χ0v) is 44.0. The number of hydrogen-bond donors (Lipinski definition) is 3. The molecule has 0 spiro atoms. The van der Waals surface area contributed by atoms with Crippen molar-refractivity contribution in [3.8, 4) is 22.6 Å². The van der Waals surface area contributed by atoms with Crippen molar-refractivity contribution in [1.29, 1.82) is 0 Å². The van der Waals surface area contributed by atoms with E-state index in [0.717, 1.165) is 26.5 Å². The highest BCUT2D eigenvalue weighted by atomic mass is 32.2. The van der Waals surface area contributed by atoms with Crippen molar-refractivity contribution in [3.05, 3.63) is 229 Å². The van der Waals surface area contributed by atoms with Gasteiger partial charge in [-0.3, -0.25) is 24.3 Å². The number of amides is 5. The Morgan fingerprint density at radius 1 is 0.487 bits per heavy atom. The highest BCUT2D eigenvalue weighted by molar-refractivity contribution is 7.99. The lowest BCUT2D eigenvalue weighted by molar-refractivity contribution is -0.153. The number of nitrogens with zero attached hydrogens (tertiary/aromatic N) is 6. The number of aliphatic hydroxyl groups excluding tert-OH is 1. The molecule has 2 fully saturated rings. The second kappa shape index (κ2) is 21.9. The SMILES string of the molecule is O=C(O)[C@@H]1CN(C(=O)N2c3ccccc3Oc3c(-c4cccc(C(c5ccccc5)C(O)N5CCN(C(=O)N6c7ccccc7Sc7ccccc76)C[C@H]5C(=O)O)c4)cccc32)CCN1C(=O)C(c1ccccc1)c1ccccc1.